The molecule has 0 saturated heterocycles. The number of amides is 2. The van der Waals surface area contributed by atoms with Gasteiger partial charge in [-0.05, 0) is 36.8 Å². The second-order valence-corrected chi connectivity index (χ2v) is 6.28. The fourth-order valence-electron chi connectivity index (χ4n) is 2.83. The third-order valence-electron chi connectivity index (χ3n) is 4.30. The maximum Gasteiger partial charge on any atom is 0.313 e. The number of ether oxygens (including phenoxy) is 2. The van der Waals surface area contributed by atoms with E-state index in [1.54, 1.807) is 12.1 Å². The van der Waals surface area contributed by atoms with E-state index < -0.39 is 17.9 Å². The zero-order valence-corrected chi connectivity index (χ0v) is 15.9. The number of hydrogen-bond acceptors (Lipinski definition) is 5. The summed E-state index contributed by atoms with van der Waals surface area (Å²) >= 11 is 0. The molecule has 0 radical (unpaired) electrons. The lowest BCUT2D eigenvalue weighted by Crippen LogP contribution is -2.38. The minimum Gasteiger partial charge on any atom is -0.495 e. The molecule has 0 aliphatic rings. The van der Waals surface area contributed by atoms with Gasteiger partial charge in [0.05, 0.1) is 19.3 Å². The van der Waals surface area contributed by atoms with Crippen LogP contribution in [-0.4, -0.2) is 32.6 Å². The second-order valence-electron chi connectivity index (χ2n) is 6.28. The van der Waals surface area contributed by atoms with Crippen LogP contribution in [0.15, 0.2) is 52.9 Å². The van der Waals surface area contributed by atoms with Crippen molar-refractivity contribution in [2.45, 2.75) is 13.0 Å². The largest absolute Gasteiger partial charge is 0.495 e. The quantitative estimate of drug-likeness (QED) is 0.639. The van der Waals surface area contributed by atoms with Gasteiger partial charge in [-0.25, -0.2) is 0 Å². The molecule has 2 amide bonds. The summed E-state index contributed by atoms with van der Waals surface area (Å²) in [6.45, 7) is 1.97. The number of carbonyl (C=O) groups is 2. The number of nitrogens with one attached hydrogen (secondary N) is 2. The van der Waals surface area contributed by atoms with Gasteiger partial charge in [0.15, 0.2) is 0 Å². The number of benzene rings is 2. The predicted molar refractivity (Wildman–Crippen MR) is 105 cm³/mol. The van der Waals surface area contributed by atoms with Crippen molar-refractivity contribution in [1.29, 1.82) is 0 Å². The summed E-state index contributed by atoms with van der Waals surface area (Å²) in [4.78, 5) is 24.4. The molecule has 3 rings (SSSR count). The normalized spacial score (nSPS) is 11.8. The molecule has 0 bridgehead atoms. The average molecular weight is 382 g/mol. The lowest BCUT2D eigenvalue weighted by molar-refractivity contribution is -0.136. The Morgan fingerprint density at radius 1 is 1.07 bits per heavy atom. The Morgan fingerprint density at radius 3 is 2.57 bits per heavy atom. The van der Waals surface area contributed by atoms with Crippen LogP contribution in [0, 0.1) is 6.92 Å². The predicted octanol–water partition coefficient (Wildman–Crippen LogP) is 3.19. The number of methoxy groups -OCH3 is 2. The van der Waals surface area contributed by atoms with Crippen molar-refractivity contribution >= 4 is 28.5 Å². The Hall–Kier alpha value is -3.32. The lowest BCUT2D eigenvalue weighted by atomic mass is 10.2. The fraction of sp³-hybridized carbons (Fsp3) is 0.238. The van der Waals surface area contributed by atoms with Crippen molar-refractivity contribution < 1.29 is 23.5 Å². The second kappa shape index (κ2) is 8.58. The van der Waals surface area contributed by atoms with E-state index in [2.05, 4.69) is 10.6 Å². The number of furan rings is 1. The van der Waals surface area contributed by atoms with Crippen LogP contribution in [-0.2, 0) is 14.3 Å². The summed E-state index contributed by atoms with van der Waals surface area (Å²) in [6, 6.07) is 14.7. The number of anilines is 1. The van der Waals surface area contributed by atoms with E-state index >= 15 is 0 Å². The van der Waals surface area contributed by atoms with E-state index in [9.17, 15) is 9.59 Å². The van der Waals surface area contributed by atoms with Gasteiger partial charge in [0.1, 0.15) is 23.2 Å². The summed E-state index contributed by atoms with van der Waals surface area (Å²) in [6.07, 6.45) is -0.516. The van der Waals surface area contributed by atoms with Crippen LogP contribution in [0.3, 0.4) is 0 Å². The molecule has 28 heavy (non-hydrogen) atoms. The van der Waals surface area contributed by atoms with Gasteiger partial charge < -0.3 is 24.5 Å². The number of hydrogen-bond donors (Lipinski definition) is 2. The molecule has 1 heterocycles. The zero-order valence-electron chi connectivity index (χ0n) is 15.9. The molecular formula is C21H22N2O5. The van der Waals surface area contributed by atoms with Crippen LogP contribution in [0.4, 0.5) is 5.69 Å². The van der Waals surface area contributed by atoms with Gasteiger partial charge in [-0.2, -0.15) is 0 Å². The summed E-state index contributed by atoms with van der Waals surface area (Å²) in [7, 11) is 3.01. The lowest BCUT2D eigenvalue weighted by Gasteiger charge is -2.14. The van der Waals surface area contributed by atoms with E-state index in [4.69, 9.17) is 13.9 Å². The molecule has 1 aromatic heterocycles. The van der Waals surface area contributed by atoms with Crippen LogP contribution in [0.5, 0.6) is 5.75 Å². The van der Waals surface area contributed by atoms with Crippen molar-refractivity contribution in [2.24, 2.45) is 0 Å². The molecule has 2 aromatic carbocycles. The molecule has 0 aliphatic carbocycles. The number of carbonyl (C=O) groups excluding carboxylic acids is 2. The number of fused-ring (bicyclic) bond motifs is 1. The Bertz CT molecular complexity index is 962. The first-order valence-corrected chi connectivity index (χ1v) is 8.77. The van der Waals surface area contributed by atoms with Crippen molar-refractivity contribution in [3.63, 3.8) is 0 Å². The molecule has 7 heteroatoms. The number of para-hydroxylation sites is 1. The first kappa shape index (κ1) is 19.4. The van der Waals surface area contributed by atoms with Gasteiger partial charge in [0.2, 0.25) is 0 Å². The molecule has 0 aliphatic heterocycles. The highest BCUT2D eigenvalue weighted by Crippen LogP contribution is 2.26. The highest BCUT2D eigenvalue weighted by atomic mass is 16.5. The highest BCUT2D eigenvalue weighted by molar-refractivity contribution is 6.39. The van der Waals surface area contributed by atoms with Crippen molar-refractivity contribution in [3.8, 4) is 5.75 Å². The Kier molecular flexibility index (Phi) is 5.96. The SMILES string of the molecule is COc1ccc(C)cc1NC(=O)C(=O)NC[C@H](OC)c1cc2ccccc2o1. The van der Waals surface area contributed by atoms with Crippen LogP contribution in [0.2, 0.25) is 0 Å². The van der Waals surface area contributed by atoms with Crippen LogP contribution in [0.1, 0.15) is 17.4 Å². The van der Waals surface area contributed by atoms with E-state index in [0.717, 1.165) is 16.5 Å². The molecule has 3 aromatic rings. The minimum atomic E-state index is -0.789. The Morgan fingerprint density at radius 2 is 1.86 bits per heavy atom. The first-order chi connectivity index (χ1) is 13.5. The summed E-state index contributed by atoms with van der Waals surface area (Å²) in [5.74, 6) is -0.515. The monoisotopic (exact) mass is 382 g/mol. The van der Waals surface area contributed by atoms with Crippen LogP contribution in [0.25, 0.3) is 11.0 Å². The highest BCUT2D eigenvalue weighted by Gasteiger charge is 2.20. The average Bonchev–Trinajstić information content (AvgIpc) is 3.12. The Labute approximate surface area is 162 Å². The van der Waals surface area contributed by atoms with Gasteiger partial charge in [-0.1, -0.05) is 24.3 Å². The molecule has 0 spiro atoms. The molecule has 0 saturated carbocycles. The molecule has 1 atom stereocenters. The summed E-state index contributed by atoms with van der Waals surface area (Å²) in [5.41, 5.74) is 2.10. The molecular weight excluding hydrogens is 360 g/mol. The number of aryl methyl sites for hydroxylation is 1. The summed E-state index contributed by atoms with van der Waals surface area (Å²) in [5, 5.41) is 6.08. The number of rotatable bonds is 6. The van der Waals surface area contributed by atoms with Gasteiger partial charge in [-0.15, -0.1) is 0 Å². The van der Waals surface area contributed by atoms with Crippen LogP contribution < -0.4 is 15.4 Å². The molecule has 2 N–H and O–H groups in total. The third-order valence-corrected chi connectivity index (χ3v) is 4.30. The van der Waals surface area contributed by atoms with E-state index in [1.165, 1.54) is 14.2 Å². The first-order valence-electron chi connectivity index (χ1n) is 8.77. The van der Waals surface area contributed by atoms with Crippen molar-refractivity contribution in [3.05, 3.63) is 59.9 Å². The van der Waals surface area contributed by atoms with E-state index in [1.807, 2.05) is 43.3 Å². The van der Waals surface area contributed by atoms with Gasteiger partial charge in [-0.3, -0.25) is 9.59 Å². The smallest absolute Gasteiger partial charge is 0.313 e. The fourth-order valence-corrected chi connectivity index (χ4v) is 2.83. The van der Waals surface area contributed by atoms with Crippen molar-refractivity contribution in [2.75, 3.05) is 26.1 Å². The maximum absolute atomic E-state index is 12.2. The van der Waals surface area contributed by atoms with Gasteiger partial charge in [0, 0.05) is 12.5 Å². The van der Waals surface area contributed by atoms with E-state index in [-0.39, 0.29) is 6.54 Å². The van der Waals surface area contributed by atoms with Gasteiger partial charge in [0.25, 0.3) is 0 Å². The minimum absolute atomic E-state index is 0.0908. The zero-order chi connectivity index (χ0) is 20.1. The standard InChI is InChI=1S/C21H22N2O5/c1-13-8-9-17(26-2)15(10-13)23-21(25)20(24)22-12-19(27-3)18-11-14-6-4-5-7-16(14)28-18/h4-11,19H,12H2,1-3H3,(H,22,24)(H,23,25)/t19-/m0/s1. The Balaban J connectivity index is 1.63. The summed E-state index contributed by atoms with van der Waals surface area (Å²) < 4.78 is 16.4. The molecule has 0 unspecified atom stereocenters. The van der Waals surface area contributed by atoms with Crippen molar-refractivity contribution in [1.82, 2.24) is 5.32 Å². The van der Waals surface area contributed by atoms with Crippen LogP contribution >= 0.6 is 0 Å². The maximum atomic E-state index is 12.2. The van der Waals surface area contributed by atoms with Gasteiger partial charge >= 0.3 is 11.8 Å². The topological polar surface area (TPSA) is 89.8 Å². The molecule has 0 fully saturated rings. The van der Waals surface area contributed by atoms with E-state index in [0.29, 0.717) is 17.2 Å². The molecule has 7 nitrogen and oxygen atoms in total. The molecule has 146 valence electrons. The third kappa shape index (κ3) is 4.32.